The van der Waals surface area contributed by atoms with Gasteiger partial charge in [-0.05, 0) is 11.6 Å². The number of nitrogens with zero attached hydrogens (tertiary/aromatic N) is 6. The number of alkyl halides is 3. The highest BCUT2D eigenvalue weighted by atomic mass is 19.4. The van der Waals surface area contributed by atoms with Crippen LogP contribution in [0.2, 0.25) is 0 Å². The molecular formula is C20H18F3N7O4. The first-order chi connectivity index (χ1) is 16.2. The van der Waals surface area contributed by atoms with Crippen molar-refractivity contribution < 1.29 is 27.6 Å². The van der Waals surface area contributed by atoms with Crippen LogP contribution in [-0.4, -0.2) is 57.0 Å². The van der Waals surface area contributed by atoms with E-state index in [0.29, 0.717) is 43.6 Å². The van der Waals surface area contributed by atoms with Crippen molar-refractivity contribution in [2.24, 2.45) is 0 Å². The van der Waals surface area contributed by atoms with Crippen molar-refractivity contribution in [3.05, 3.63) is 56.5 Å². The minimum absolute atomic E-state index is 0.00615. The molecule has 2 amide bonds. The predicted octanol–water partition coefficient (Wildman–Crippen LogP) is 2.66. The normalized spacial score (nSPS) is 15.6. The molecule has 2 aromatic rings. The molecule has 0 radical (unpaired) electrons. The van der Waals surface area contributed by atoms with Crippen molar-refractivity contribution in [1.82, 2.24) is 19.8 Å². The number of non-ortho nitro benzene ring substituents is 1. The number of hydrogen-bond acceptors (Lipinski definition) is 8. The number of benzene rings is 1. The second kappa shape index (κ2) is 9.10. The monoisotopic (exact) mass is 477 g/mol. The van der Waals surface area contributed by atoms with Gasteiger partial charge in [0.2, 0.25) is 5.82 Å². The number of carbonyl (C=O) groups is 1. The molecule has 0 bridgehead atoms. The average molecular weight is 477 g/mol. The summed E-state index contributed by atoms with van der Waals surface area (Å²) in [6, 6.07) is 3.91. The van der Waals surface area contributed by atoms with Crippen molar-refractivity contribution in [2.45, 2.75) is 25.8 Å². The van der Waals surface area contributed by atoms with Crippen LogP contribution < -0.4 is 5.32 Å². The maximum atomic E-state index is 13.2. The number of nitrogens with one attached hydrogen (secondary N) is 1. The van der Waals surface area contributed by atoms with E-state index in [9.17, 15) is 33.3 Å². The largest absolute Gasteiger partial charge is 0.416 e. The summed E-state index contributed by atoms with van der Waals surface area (Å²) in [6.07, 6.45) is -4.76. The Balaban J connectivity index is 1.57. The van der Waals surface area contributed by atoms with Gasteiger partial charge in [-0.25, -0.2) is 14.8 Å². The van der Waals surface area contributed by atoms with Gasteiger partial charge in [-0.1, -0.05) is 0 Å². The number of nitriles is 1. The highest BCUT2D eigenvalue weighted by molar-refractivity contribution is 5.76. The van der Waals surface area contributed by atoms with E-state index in [0.717, 1.165) is 12.1 Å². The SMILES string of the molecule is N#Cc1nc2c(c(NCc3cc([N+](=O)[O-])cc(C(F)(F)F)c3)n1)CN(C(=O)N1CCOCC1)C2. The molecule has 1 aromatic heterocycles. The van der Waals surface area contributed by atoms with Crippen LogP contribution in [0, 0.1) is 21.4 Å². The van der Waals surface area contributed by atoms with Crippen molar-refractivity contribution in [3.8, 4) is 6.07 Å². The van der Waals surface area contributed by atoms with E-state index in [1.165, 1.54) is 4.90 Å². The van der Waals surface area contributed by atoms with Crippen LogP contribution in [0.1, 0.15) is 28.2 Å². The second-order valence-corrected chi connectivity index (χ2v) is 7.67. The van der Waals surface area contributed by atoms with E-state index in [1.807, 2.05) is 6.07 Å². The molecule has 2 aliphatic heterocycles. The zero-order chi connectivity index (χ0) is 24.5. The summed E-state index contributed by atoms with van der Waals surface area (Å²) in [7, 11) is 0. The third kappa shape index (κ3) is 4.84. The molecule has 1 aromatic carbocycles. The van der Waals surface area contributed by atoms with Crippen LogP contribution in [0.4, 0.5) is 29.5 Å². The summed E-state index contributed by atoms with van der Waals surface area (Å²) in [4.78, 5) is 34.5. The van der Waals surface area contributed by atoms with Crippen LogP contribution >= 0.6 is 0 Å². The van der Waals surface area contributed by atoms with Crippen molar-refractivity contribution in [1.29, 1.82) is 5.26 Å². The number of amides is 2. The van der Waals surface area contributed by atoms with Gasteiger partial charge in [0.25, 0.3) is 5.69 Å². The van der Waals surface area contributed by atoms with Gasteiger partial charge in [0.05, 0.1) is 42.5 Å². The fraction of sp³-hybridized carbons (Fsp3) is 0.400. The molecule has 34 heavy (non-hydrogen) atoms. The number of nitro groups is 1. The summed E-state index contributed by atoms with van der Waals surface area (Å²) in [5.41, 5.74) is -0.856. The number of morpholine rings is 1. The van der Waals surface area contributed by atoms with E-state index in [4.69, 9.17) is 4.74 Å². The van der Waals surface area contributed by atoms with Crippen LogP contribution in [0.3, 0.4) is 0 Å². The Morgan fingerprint density at radius 1 is 1.21 bits per heavy atom. The van der Waals surface area contributed by atoms with Gasteiger partial charge in [-0.3, -0.25) is 10.1 Å². The first-order valence-corrected chi connectivity index (χ1v) is 10.2. The number of rotatable bonds is 4. The van der Waals surface area contributed by atoms with Crippen LogP contribution in [0.25, 0.3) is 0 Å². The number of aromatic nitrogens is 2. The summed E-state index contributed by atoms with van der Waals surface area (Å²) in [5.74, 6) is 0.0100. The molecule has 4 rings (SSSR count). The smallest absolute Gasteiger partial charge is 0.378 e. The van der Waals surface area contributed by atoms with Crippen molar-refractivity contribution in [2.75, 3.05) is 31.6 Å². The van der Waals surface area contributed by atoms with Gasteiger partial charge in [-0.2, -0.15) is 18.4 Å². The van der Waals surface area contributed by atoms with Crippen molar-refractivity contribution >= 4 is 17.5 Å². The number of hydrogen-bond donors (Lipinski definition) is 1. The lowest BCUT2D eigenvalue weighted by atomic mass is 10.1. The van der Waals surface area contributed by atoms with Gasteiger partial charge in [-0.15, -0.1) is 0 Å². The third-order valence-corrected chi connectivity index (χ3v) is 5.41. The van der Waals surface area contributed by atoms with Gasteiger partial charge >= 0.3 is 12.2 Å². The Hall–Kier alpha value is -3.99. The molecule has 0 spiro atoms. The molecule has 1 fully saturated rings. The number of halogens is 3. The van der Waals surface area contributed by atoms with E-state index < -0.39 is 22.4 Å². The number of ether oxygens (including phenoxy) is 1. The van der Waals surface area contributed by atoms with Crippen LogP contribution in [0.15, 0.2) is 18.2 Å². The Bertz CT molecular complexity index is 1180. The minimum Gasteiger partial charge on any atom is -0.378 e. The van der Waals surface area contributed by atoms with Gasteiger partial charge in [0, 0.05) is 37.3 Å². The molecule has 0 aliphatic carbocycles. The maximum absolute atomic E-state index is 13.2. The van der Waals surface area contributed by atoms with E-state index in [1.54, 1.807) is 4.90 Å². The van der Waals surface area contributed by atoms with Gasteiger partial charge in [0.1, 0.15) is 11.9 Å². The summed E-state index contributed by atoms with van der Waals surface area (Å²) in [6.45, 7) is 1.81. The molecule has 1 N–H and O–H groups in total. The average Bonchev–Trinajstić information content (AvgIpc) is 3.26. The second-order valence-electron chi connectivity index (χ2n) is 7.67. The lowest BCUT2D eigenvalue weighted by Crippen LogP contribution is -2.46. The van der Waals surface area contributed by atoms with Crippen molar-refractivity contribution in [3.63, 3.8) is 0 Å². The number of anilines is 1. The third-order valence-electron chi connectivity index (χ3n) is 5.41. The lowest BCUT2D eigenvalue weighted by molar-refractivity contribution is -0.385. The molecule has 1 saturated heterocycles. The number of urea groups is 1. The minimum atomic E-state index is -4.76. The topological polar surface area (TPSA) is 138 Å². The van der Waals surface area contributed by atoms with Gasteiger partial charge in [0.15, 0.2) is 0 Å². The van der Waals surface area contributed by atoms with E-state index in [2.05, 4.69) is 15.3 Å². The van der Waals surface area contributed by atoms with E-state index >= 15 is 0 Å². The molecule has 11 nitrogen and oxygen atoms in total. The molecule has 0 saturated carbocycles. The number of carbonyl (C=O) groups excluding carboxylic acids is 1. The van der Waals surface area contributed by atoms with E-state index in [-0.39, 0.29) is 42.9 Å². The molecular weight excluding hydrogens is 459 g/mol. The Morgan fingerprint density at radius 3 is 2.59 bits per heavy atom. The van der Waals surface area contributed by atoms with Gasteiger partial charge < -0.3 is 19.9 Å². The highest BCUT2D eigenvalue weighted by Gasteiger charge is 2.34. The molecule has 14 heteroatoms. The Labute approximate surface area is 190 Å². The zero-order valence-electron chi connectivity index (χ0n) is 17.6. The highest BCUT2D eigenvalue weighted by Crippen LogP contribution is 2.33. The number of nitro benzene ring substituents is 1. The Kier molecular flexibility index (Phi) is 6.20. The summed E-state index contributed by atoms with van der Waals surface area (Å²) < 4.78 is 44.8. The zero-order valence-corrected chi connectivity index (χ0v) is 17.6. The Morgan fingerprint density at radius 2 is 1.94 bits per heavy atom. The molecule has 0 unspecified atom stereocenters. The standard InChI is InChI=1S/C20H18F3N7O4/c21-20(22,23)13-5-12(6-14(7-13)30(32)33)9-25-18-15-10-29(11-16(15)26-17(8-24)27-18)19(31)28-1-3-34-4-2-28/h5-7H,1-4,9-11H2,(H,25,26,27). The fourth-order valence-corrected chi connectivity index (χ4v) is 3.77. The summed E-state index contributed by atoms with van der Waals surface area (Å²) in [5, 5.41) is 23.2. The quantitative estimate of drug-likeness (QED) is 0.524. The molecule has 3 heterocycles. The summed E-state index contributed by atoms with van der Waals surface area (Å²) >= 11 is 0. The molecule has 2 aliphatic rings. The maximum Gasteiger partial charge on any atom is 0.416 e. The first kappa shape index (κ1) is 23.2. The number of fused-ring (bicyclic) bond motifs is 1. The van der Waals surface area contributed by atoms with Crippen LogP contribution in [0.5, 0.6) is 0 Å². The molecule has 0 atom stereocenters. The predicted molar refractivity (Wildman–Crippen MR) is 109 cm³/mol. The lowest BCUT2D eigenvalue weighted by Gasteiger charge is -2.30. The fourth-order valence-electron chi connectivity index (χ4n) is 3.77. The van der Waals surface area contributed by atoms with Crippen LogP contribution in [-0.2, 0) is 30.5 Å². The molecule has 178 valence electrons. The first-order valence-electron chi connectivity index (χ1n) is 10.2.